The van der Waals surface area contributed by atoms with Crippen LogP contribution in [0.15, 0.2) is 0 Å². The molecule has 0 aromatic rings. The fraction of sp³-hybridized carbons (Fsp3) is 0.900. The third kappa shape index (κ3) is 3.64. The van der Waals surface area contributed by atoms with Crippen LogP contribution in [0.3, 0.4) is 0 Å². The van der Waals surface area contributed by atoms with Crippen LogP contribution < -0.4 is 5.73 Å². The van der Waals surface area contributed by atoms with Gasteiger partial charge in [-0.15, -0.1) is 0 Å². The predicted molar refractivity (Wildman–Crippen MR) is 52.8 cm³/mol. The van der Waals surface area contributed by atoms with E-state index in [1.54, 1.807) is 6.92 Å². The highest BCUT2D eigenvalue weighted by molar-refractivity contribution is 5.70. The maximum Gasteiger partial charge on any atom is 0.332 e. The number of carbonyl (C=O) groups is 1. The Morgan fingerprint density at radius 2 is 2.14 bits per heavy atom. The highest BCUT2D eigenvalue weighted by atomic mass is 16.6. The van der Waals surface area contributed by atoms with Crippen LogP contribution in [-0.4, -0.2) is 31.3 Å². The van der Waals surface area contributed by atoms with Crippen molar-refractivity contribution in [2.45, 2.75) is 44.8 Å². The van der Waals surface area contributed by atoms with Gasteiger partial charge in [-0.2, -0.15) is 0 Å². The van der Waals surface area contributed by atoms with Gasteiger partial charge in [0.1, 0.15) is 6.61 Å². The third-order valence-corrected chi connectivity index (χ3v) is 2.47. The van der Waals surface area contributed by atoms with Crippen LogP contribution in [0.1, 0.15) is 32.6 Å². The highest BCUT2D eigenvalue weighted by Gasteiger charge is 2.23. The van der Waals surface area contributed by atoms with Gasteiger partial charge >= 0.3 is 5.97 Å². The lowest BCUT2D eigenvalue weighted by molar-refractivity contribution is -0.151. The number of carbonyl (C=O) groups excluding carboxylic acids is 1. The summed E-state index contributed by atoms with van der Waals surface area (Å²) < 4.78 is 10.2. The number of esters is 1. The SMILES string of the molecule is CCOC(=O)COC1CCCCC1N. The summed E-state index contributed by atoms with van der Waals surface area (Å²) in [4.78, 5) is 11.0. The molecule has 0 aromatic carbocycles. The second-order valence-corrected chi connectivity index (χ2v) is 3.60. The van der Waals surface area contributed by atoms with Crippen LogP contribution in [0.4, 0.5) is 0 Å². The standard InChI is InChI=1S/C10H19NO3/c1-2-13-10(12)7-14-9-6-4-3-5-8(9)11/h8-9H,2-7,11H2,1H3. The molecule has 1 aliphatic carbocycles. The lowest BCUT2D eigenvalue weighted by Crippen LogP contribution is -2.40. The molecule has 2 unspecified atom stereocenters. The number of rotatable bonds is 4. The van der Waals surface area contributed by atoms with Gasteiger partial charge in [0.05, 0.1) is 12.7 Å². The fourth-order valence-electron chi connectivity index (χ4n) is 1.71. The normalized spacial score (nSPS) is 27.3. The molecule has 0 bridgehead atoms. The maximum absolute atomic E-state index is 11.0. The fourth-order valence-corrected chi connectivity index (χ4v) is 1.71. The Bertz CT molecular complexity index is 184. The van der Waals surface area contributed by atoms with Crippen LogP contribution in [0.25, 0.3) is 0 Å². The summed E-state index contributed by atoms with van der Waals surface area (Å²) in [7, 11) is 0. The van der Waals surface area contributed by atoms with Crippen molar-refractivity contribution in [3.63, 3.8) is 0 Å². The summed E-state index contributed by atoms with van der Waals surface area (Å²) >= 11 is 0. The molecule has 2 N–H and O–H groups in total. The molecule has 4 nitrogen and oxygen atoms in total. The van der Waals surface area contributed by atoms with Crippen molar-refractivity contribution in [3.8, 4) is 0 Å². The summed E-state index contributed by atoms with van der Waals surface area (Å²) in [5, 5.41) is 0. The van der Waals surface area contributed by atoms with Crippen molar-refractivity contribution >= 4 is 5.97 Å². The Morgan fingerprint density at radius 3 is 2.79 bits per heavy atom. The molecule has 1 saturated carbocycles. The molecule has 0 aliphatic heterocycles. The summed E-state index contributed by atoms with van der Waals surface area (Å²) in [6.45, 7) is 2.22. The zero-order chi connectivity index (χ0) is 10.4. The summed E-state index contributed by atoms with van der Waals surface area (Å²) in [5.41, 5.74) is 5.86. The van der Waals surface area contributed by atoms with E-state index in [1.165, 1.54) is 6.42 Å². The van der Waals surface area contributed by atoms with E-state index in [0.29, 0.717) is 6.61 Å². The van der Waals surface area contributed by atoms with Crippen LogP contribution in [0.2, 0.25) is 0 Å². The Balaban J connectivity index is 2.19. The number of hydrogen-bond acceptors (Lipinski definition) is 4. The van der Waals surface area contributed by atoms with Crippen LogP contribution in [0.5, 0.6) is 0 Å². The second kappa shape index (κ2) is 5.98. The van der Waals surface area contributed by atoms with E-state index in [0.717, 1.165) is 19.3 Å². The van der Waals surface area contributed by atoms with Crippen molar-refractivity contribution in [1.29, 1.82) is 0 Å². The topological polar surface area (TPSA) is 61.5 Å². The monoisotopic (exact) mass is 201 g/mol. The minimum absolute atomic E-state index is 0.0339. The van der Waals surface area contributed by atoms with Crippen LogP contribution in [-0.2, 0) is 14.3 Å². The minimum Gasteiger partial charge on any atom is -0.464 e. The quantitative estimate of drug-likeness (QED) is 0.684. The second-order valence-electron chi connectivity index (χ2n) is 3.60. The van der Waals surface area contributed by atoms with E-state index in [2.05, 4.69) is 0 Å². The molecule has 0 amide bonds. The Morgan fingerprint density at radius 1 is 1.43 bits per heavy atom. The minimum atomic E-state index is -0.301. The molecule has 1 aliphatic rings. The first kappa shape index (κ1) is 11.5. The van der Waals surface area contributed by atoms with E-state index in [9.17, 15) is 4.79 Å². The molecule has 0 heterocycles. The molecule has 0 saturated heterocycles. The van der Waals surface area contributed by atoms with Crippen molar-refractivity contribution in [2.24, 2.45) is 5.73 Å². The zero-order valence-electron chi connectivity index (χ0n) is 8.70. The van der Waals surface area contributed by atoms with Gasteiger partial charge in [0.25, 0.3) is 0 Å². The molecule has 0 spiro atoms. The van der Waals surface area contributed by atoms with Gasteiger partial charge in [0, 0.05) is 6.04 Å². The van der Waals surface area contributed by atoms with E-state index in [1.807, 2.05) is 0 Å². The summed E-state index contributed by atoms with van der Waals surface area (Å²) in [6, 6.07) is 0.0816. The van der Waals surface area contributed by atoms with Crippen molar-refractivity contribution in [1.82, 2.24) is 0 Å². The largest absolute Gasteiger partial charge is 0.464 e. The van der Waals surface area contributed by atoms with Crippen molar-refractivity contribution in [3.05, 3.63) is 0 Å². The van der Waals surface area contributed by atoms with E-state index >= 15 is 0 Å². The summed E-state index contributed by atoms with van der Waals surface area (Å²) in [5.74, 6) is -0.301. The predicted octanol–water partition coefficient (Wildman–Crippen LogP) is 0.836. The lowest BCUT2D eigenvalue weighted by Gasteiger charge is -2.28. The third-order valence-electron chi connectivity index (χ3n) is 2.47. The van der Waals surface area contributed by atoms with Gasteiger partial charge in [0.2, 0.25) is 0 Å². The van der Waals surface area contributed by atoms with Gasteiger partial charge in [-0.25, -0.2) is 4.79 Å². The Hall–Kier alpha value is -0.610. The molecule has 1 fully saturated rings. The lowest BCUT2D eigenvalue weighted by atomic mass is 9.93. The first-order valence-electron chi connectivity index (χ1n) is 5.27. The van der Waals surface area contributed by atoms with Gasteiger partial charge in [-0.1, -0.05) is 12.8 Å². The van der Waals surface area contributed by atoms with Gasteiger partial charge < -0.3 is 15.2 Å². The molecule has 82 valence electrons. The molecule has 4 heteroatoms. The first-order chi connectivity index (χ1) is 6.74. The zero-order valence-corrected chi connectivity index (χ0v) is 8.70. The van der Waals surface area contributed by atoms with Crippen LogP contribution >= 0.6 is 0 Å². The van der Waals surface area contributed by atoms with Gasteiger partial charge in [-0.3, -0.25) is 0 Å². The van der Waals surface area contributed by atoms with Crippen molar-refractivity contribution < 1.29 is 14.3 Å². The summed E-state index contributed by atoms with van der Waals surface area (Å²) in [6.07, 6.45) is 4.29. The molecular formula is C10H19NO3. The first-order valence-corrected chi connectivity index (χ1v) is 5.27. The average molecular weight is 201 g/mol. The molecular weight excluding hydrogens is 182 g/mol. The van der Waals surface area contributed by atoms with Crippen molar-refractivity contribution in [2.75, 3.05) is 13.2 Å². The molecule has 2 atom stereocenters. The van der Waals surface area contributed by atoms with E-state index in [-0.39, 0.29) is 24.7 Å². The molecule has 1 rings (SSSR count). The molecule has 14 heavy (non-hydrogen) atoms. The Kier molecular flexibility index (Phi) is 4.90. The van der Waals surface area contributed by atoms with Gasteiger partial charge in [-0.05, 0) is 19.8 Å². The van der Waals surface area contributed by atoms with E-state index in [4.69, 9.17) is 15.2 Å². The van der Waals surface area contributed by atoms with Crippen LogP contribution in [0, 0.1) is 0 Å². The average Bonchev–Trinajstić information content (AvgIpc) is 2.17. The van der Waals surface area contributed by atoms with Gasteiger partial charge in [0.15, 0.2) is 0 Å². The number of ether oxygens (including phenoxy) is 2. The Labute approximate surface area is 84.7 Å². The molecule has 0 aromatic heterocycles. The van der Waals surface area contributed by atoms with E-state index < -0.39 is 0 Å². The maximum atomic E-state index is 11.0. The number of nitrogens with two attached hydrogens (primary N) is 1. The number of hydrogen-bond donors (Lipinski definition) is 1. The highest BCUT2D eigenvalue weighted by Crippen LogP contribution is 2.19. The smallest absolute Gasteiger partial charge is 0.332 e. The molecule has 0 radical (unpaired) electrons.